The molecule has 0 fully saturated rings. The SMILES string of the molecule is Cc1cccc2c1NC(=NCc1ccccn1)NS2. The van der Waals surface area contributed by atoms with E-state index in [1.807, 2.05) is 18.2 Å². The number of hydrogen-bond acceptors (Lipinski definition) is 3. The average Bonchev–Trinajstić information content (AvgIpc) is 2.47. The molecule has 0 saturated heterocycles. The quantitative estimate of drug-likeness (QED) is 0.824. The summed E-state index contributed by atoms with van der Waals surface area (Å²) in [5.41, 5.74) is 3.31. The maximum Gasteiger partial charge on any atom is 0.206 e. The normalized spacial score (nSPS) is 15.5. The van der Waals surface area contributed by atoms with Gasteiger partial charge in [-0.05, 0) is 42.6 Å². The molecule has 0 radical (unpaired) electrons. The minimum absolute atomic E-state index is 0.567. The summed E-state index contributed by atoms with van der Waals surface area (Å²) in [7, 11) is 0. The third-order valence-corrected chi connectivity index (χ3v) is 3.72. The minimum Gasteiger partial charge on any atom is -0.324 e. The molecule has 0 atom stereocenters. The number of guanidine groups is 1. The van der Waals surface area contributed by atoms with Crippen LogP contribution in [0, 0.1) is 6.92 Å². The Hall–Kier alpha value is -2.01. The smallest absolute Gasteiger partial charge is 0.206 e. The van der Waals surface area contributed by atoms with Crippen LogP contribution in [-0.4, -0.2) is 10.9 Å². The van der Waals surface area contributed by atoms with Gasteiger partial charge in [0.2, 0.25) is 5.96 Å². The molecule has 4 nitrogen and oxygen atoms in total. The number of aryl methyl sites for hydroxylation is 1. The second kappa shape index (κ2) is 5.32. The van der Waals surface area contributed by atoms with Crippen LogP contribution in [0.4, 0.5) is 5.69 Å². The summed E-state index contributed by atoms with van der Waals surface area (Å²) >= 11 is 1.58. The van der Waals surface area contributed by atoms with Crippen LogP contribution < -0.4 is 10.0 Å². The zero-order valence-corrected chi connectivity index (χ0v) is 11.4. The first-order valence-corrected chi connectivity index (χ1v) is 6.88. The zero-order valence-electron chi connectivity index (χ0n) is 10.6. The van der Waals surface area contributed by atoms with Crippen molar-refractivity contribution in [3.8, 4) is 0 Å². The molecule has 0 amide bonds. The summed E-state index contributed by atoms with van der Waals surface area (Å²) in [6.45, 7) is 2.66. The van der Waals surface area contributed by atoms with Crippen LogP contribution in [-0.2, 0) is 6.54 Å². The summed E-state index contributed by atoms with van der Waals surface area (Å²) in [5.74, 6) is 0.775. The van der Waals surface area contributed by atoms with Crippen molar-refractivity contribution < 1.29 is 0 Å². The Kier molecular flexibility index (Phi) is 3.37. The van der Waals surface area contributed by atoms with E-state index in [1.165, 1.54) is 10.5 Å². The number of rotatable bonds is 2. The minimum atomic E-state index is 0.567. The molecule has 2 N–H and O–H groups in total. The van der Waals surface area contributed by atoms with Gasteiger partial charge in [-0.2, -0.15) is 0 Å². The van der Waals surface area contributed by atoms with Crippen LogP contribution >= 0.6 is 11.9 Å². The molecule has 0 unspecified atom stereocenters. The third-order valence-electron chi connectivity index (χ3n) is 2.86. The van der Waals surface area contributed by atoms with Crippen molar-refractivity contribution in [1.82, 2.24) is 9.71 Å². The summed E-state index contributed by atoms with van der Waals surface area (Å²) < 4.78 is 3.20. The molecule has 0 bridgehead atoms. The number of fused-ring (bicyclic) bond motifs is 1. The molecule has 1 aliphatic rings. The molecule has 96 valence electrons. The zero-order chi connectivity index (χ0) is 13.1. The van der Waals surface area contributed by atoms with E-state index in [0.717, 1.165) is 17.3 Å². The number of hydrogen-bond donors (Lipinski definition) is 2. The Morgan fingerprint density at radius 2 is 2.16 bits per heavy atom. The van der Waals surface area contributed by atoms with Gasteiger partial charge in [0.15, 0.2) is 0 Å². The summed E-state index contributed by atoms with van der Waals surface area (Å²) in [4.78, 5) is 9.95. The first-order valence-electron chi connectivity index (χ1n) is 6.07. The molecule has 0 aliphatic carbocycles. The monoisotopic (exact) mass is 270 g/mol. The van der Waals surface area contributed by atoms with Crippen molar-refractivity contribution in [2.24, 2.45) is 4.99 Å². The maximum absolute atomic E-state index is 4.50. The molecule has 2 heterocycles. The summed E-state index contributed by atoms with van der Waals surface area (Å²) in [6.07, 6.45) is 1.78. The van der Waals surface area contributed by atoms with Gasteiger partial charge in [-0.25, -0.2) is 4.99 Å². The van der Waals surface area contributed by atoms with Crippen molar-refractivity contribution in [2.75, 3.05) is 5.32 Å². The Balaban J connectivity index is 1.77. The number of nitrogens with one attached hydrogen (secondary N) is 2. The van der Waals surface area contributed by atoms with Gasteiger partial charge in [0.1, 0.15) is 0 Å². The van der Waals surface area contributed by atoms with E-state index in [1.54, 1.807) is 18.1 Å². The predicted molar refractivity (Wildman–Crippen MR) is 79.2 cm³/mol. The van der Waals surface area contributed by atoms with Gasteiger partial charge in [-0.3, -0.25) is 9.71 Å². The molecule has 1 aromatic carbocycles. The summed E-state index contributed by atoms with van der Waals surface area (Å²) in [6, 6.07) is 12.1. The van der Waals surface area contributed by atoms with E-state index in [2.05, 4.69) is 45.1 Å². The molecule has 0 spiro atoms. The van der Waals surface area contributed by atoms with Crippen LogP contribution in [0.3, 0.4) is 0 Å². The van der Waals surface area contributed by atoms with E-state index in [0.29, 0.717) is 6.54 Å². The van der Waals surface area contributed by atoms with Gasteiger partial charge in [-0.1, -0.05) is 18.2 Å². The van der Waals surface area contributed by atoms with E-state index in [9.17, 15) is 0 Å². The second-order valence-electron chi connectivity index (χ2n) is 4.26. The van der Waals surface area contributed by atoms with Crippen LogP contribution in [0.25, 0.3) is 0 Å². The Bertz CT molecular complexity index is 610. The Morgan fingerprint density at radius 1 is 1.21 bits per heavy atom. The number of para-hydroxylation sites is 1. The fourth-order valence-corrected chi connectivity index (χ4v) is 2.64. The van der Waals surface area contributed by atoms with E-state index >= 15 is 0 Å². The molecule has 19 heavy (non-hydrogen) atoms. The van der Waals surface area contributed by atoms with Crippen LogP contribution in [0.15, 0.2) is 52.5 Å². The molecule has 5 heteroatoms. The topological polar surface area (TPSA) is 49.3 Å². The van der Waals surface area contributed by atoms with Crippen molar-refractivity contribution in [3.63, 3.8) is 0 Å². The van der Waals surface area contributed by atoms with Gasteiger partial charge in [0.05, 0.1) is 22.8 Å². The van der Waals surface area contributed by atoms with Gasteiger partial charge in [0.25, 0.3) is 0 Å². The standard InChI is InChI=1S/C14H14N4S/c1-10-5-4-7-12-13(10)17-14(18-19-12)16-9-11-6-2-3-8-15-11/h2-8H,9H2,1H3,(H2,16,17,18). The highest BCUT2D eigenvalue weighted by molar-refractivity contribution is 7.98. The molecular weight excluding hydrogens is 256 g/mol. The lowest BCUT2D eigenvalue weighted by Crippen LogP contribution is -2.29. The maximum atomic E-state index is 4.50. The average molecular weight is 270 g/mol. The highest BCUT2D eigenvalue weighted by Crippen LogP contribution is 2.31. The fourth-order valence-electron chi connectivity index (χ4n) is 1.86. The Labute approximate surface area is 116 Å². The number of aromatic nitrogens is 1. The molecule has 2 aromatic rings. The lowest BCUT2D eigenvalue weighted by molar-refractivity contribution is 0.980. The molecular formula is C14H14N4S. The number of aliphatic imine (C=N–C) groups is 1. The first-order chi connectivity index (χ1) is 9.33. The third kappa shape index (κ3) is 2.71. The lowest BCUT2D eigenvalue weighted by atomic mass is 10.2. The van der Waals surface area contributed by atoms with Crippen LogP contribution in [0.5, 0.6) is 0 Å². The van der Waals surface area contributed by atoms with E-state index in [4.69, 9.17) is 0 Å². The van der Waals surface area contributed by atoms with Gasteiger partial charge < -0.3 is 5.32 Å². The first kappa shape index (κ1) is 12.0. The van der Waals surface area contributed by atoms with Gasteiger partial charge in [-0.15, -0.1) is 0 Å². The second-order valence-corrected chi connectivity index (χ2v) is 5.11. The predicted octanol–water partition coefficient (Wildman–Crippen LogP) is 2.97. The van der Waals surface area contributed by atoms with Crippen molar-refractivity contribution >= 4 is 23.6 Å². The largest absolute Gasteiger partial charge is 0.324 e. The van der Waals surface area contributed by atoms with Crippen LogP contribution in [0.2, 0.25) is 0 Å². The van der Waals surface area contributed by atoms with E-state index in [-0.39, 0.29) is 0 Å². The van der Waals surface area contributed by atoms with Crippen molar-refractivity contribution in [2.45, 2.75) is 18.4 Å². The number of anilines is 1. The van der Waals surface area contributed by atoms with Gasteiger partial charge >= 0.3 is 0 Å². The van der Waals surface area contributed by atoms with Gasteiger partial charge in [0, 0.05) is 6.20 Å². The fraction of sp³-hybridized carbons (Fsp3) is 0.143. The molecule has 0 saturated carbocycles. The van der Waals surface area contributed by atoms with Crippen LogP contribution in [0.1, 0.15) is 11.3 Å². The highest BCUT2D eigenvalue weighted by atomic mass is 32.2. The molecule has 1 aliphatic heterocycles. The molecule has 3 rings (SSSR count). The Morgan fingerprint density at radius 3 is 3.00 bits per heavy atom. The highest BCUT2D eigenvalue weighted by Gasteiger charge is 2.14. The number of nitrogens with zero attached hydrogens (tertiary/aromatic N) is 2. The van der Waals surface area contributed by atoms with E-state index < -0.39 is 0 Å². The summed E-state index contributed by atoms with van der Waals surface area (Å²) in [5, 5.41) is 3.33. The van der Waals surface area contributed by atoms with Crippen molar-refractivity contribution in [1.29, 1.82) is 0 Å². The number of benzene rings is 1. The molecule has 1 aromatic heterocycles. The van der Waals surface area contributed by atoms with Crippen molar-refractivity contribution in [3.05, 3.63) is 53.9 Å². The number of pyridine rings is 1. The lowest BCUT2D eigenvalue weighted by Gasteiger charge is -2.21.